The van der Waals surface area contributed by atoms with Crippen LogP contribution in [0.5, 0.6) is 0 Å². The van der Waals surface area contributed by atoms with Gasteiger partial charge in [0, 0.05) is 25.3 Å². The van der Waals surface area contributed by atoms with Gasteiger partial charge in [0.1, 0.15) is 0 Å². The van der Waals surface area contributed by atoms with Gasteiger partial charge in [0.25, 0.3) is 0 Å². The fourth-order valence-corrected chi connectivity index (χ4v) is 3.89. The highest BCUT2D eigenvalue weighted by atomic mass is 16.4. The summed E-state index contributed by atoms with van der Waals surface area (Å²) in [6, 6.07) is 13.0. The third kappa shape index (κ3) is 4.35. The number of benzene rings is 2. The van der Waals surface area contributed by atoms with E-state index in [9.17, 15) is 14.7 Å². The van der Waals surface area contributed by atoms with Gasteiger partial charge >= 0.3 is 5.97 Å². The quantitative estimate of drug-likeness (QED) is 0.796. The minimum absolute atomic E-state index is 0.0607. The zero-order valence-corrected chi connectivity index (χ0v) is 16.6. The van der Waals surface area contributed by atoms with E-state index in [2.05, 4.69) is 28.4 Å². The number of piperidine rings is 1. The third-order valence-electron chi connectivity index (χ3n) is 5.29. The molecule has 0 saturated carbocycles. The lowest BCUT2D eigenvalue weighted by Crippen LogP contribution is -2.34. The van der Waals surface area contributed by atoms with Crippen LogP contribution in [0.4, 0.5) is 5.69 Å². The SMILES string of the molecule is CCNC(=O)C(c1ccc(C(=O)O)cc1)c1cc(C)ccc1N1CCCCC1. The van der Waals surface area contributed by atoms with Crippen LogP contribution in [0.15, 0.2) is 42.5 Å². The van der Waals surface area contributed by atoms with Gasteiger partial charge in [-0.3, -0.25) is 4.79 Å². The molecule has 1 saturated heterocycles. The first kappa shape index (κ1) is 19.9. The normalized spacial score (nSPS) is 15.1. The molecule has 0 spiro atoms. The number of carboxylic acids is 1. The van der Waals surface area contributed by atoms with E-state index in [1.807, 2.05) is 13.8 Å². The van der Waals surface area contributed by atoms with Crippen molar-refractivity contribution in [3.05, 3.63) is 64.7 Å². The first-order valence-corrected chi connectivity index (χ1v) is 9.97. The molecule has 2 N–H and O–H groups in total. The first-order chi connectivity index (χ1) is 13.5. The van der Waals surface area contributed by atoms with Crippen molar-refractivity contribution in [1.82, 2.24) is 5.32 Å². The summed E-state index contributed by atoms with van der Waals surface area (Å²) in [5.41, 5.74) is 4.21. The first-order valence-electron chi connectivity index (χ1n) is 9.97. The zero-order chi connectivity index (χ0) is 20.1. The standard InChI is InChI=1S/C23H28N2O3/c1-3-24-22(26)21(17-8-10-18(11-9-17)23(27)28)19-15-16(2)7-12-20(19)25-13-5-4-6-14-25/h7-12,15,21H,3-6,13-14H2,1-2H3,(H,24,26)(H,27,28). The monoisotopic (exact) mass is 380 g/mol. The Hall–Kier alpha value is -2.82. The van der Waals surface area contributed by atoms with Crippen molar-refractivity contribution >= 4 is 17.6 Å². The van der Waals surface area contributed by atoms with E-state index in [0.29, 0.717) is 6.54 Å². The number of aryl methyl sites for hydroxylation is 1. The Bertz CT molecular complexity index is 839. The average molecular weight is 380 g/mol. The highest BCUT2D eigenvalue weighted by molar-refractivity contribution is 5.90. The molecule has 1 atom stereocenters. The van der Waals surface area contributed by atoms with Crippen molar-refractivity contribution in [3.63, 3.8) is 0 Å². The van der Waals surface area contributed by atoms with E-state index in [-0.39, 0.29) is 11.5 Å². The van der Waals surface area contributed by atoms with E-state index >= 15 is 0 Å². The number of carbonyl (C=O) groups is 2. The number of nitrogens with zero attached hydrogens (tertiary/aromatic N) is 1. The fourth-order valence-electron chi connectivity index (χ4n) is 3.89. The van der Waals surface area contributed by atoms with Crippen LogP contribution in [0, 0.1) is 6.92 Å². The molecule has 0 radical (unpaired) electrons. The molecule has 2 aromatic rings. The predicted molar refractivity (Wildman–Crippen MR) is 111 cm³/mol. The molecule has 5 heteroatoms. The molecule has 1 aliphatic heterocycles. The van der Waals surface area contributed by atoms with E-state index in [4.69, 9.17) is 0 Å². The largest absolute Gasteiger partial charge is 0.478 e. The molecule has 1 amide bonds. The van der Waals surface area contributed by atoms with Crippen molar-refractivity contribution in [2.75, 3.05) is 24.5 Å². The molecule has 28 heavy (non-hydrogen) atoms. The number of likely N-dealkylation sites (N-methyl/N-ethyl adjacent to an activating group) is 1. The number of amides is 1. The Balaban J connectivity index is 2.08. The second kappa shape index (κ2) is 8.91. The molecule has 3 rings (SSSR count). The van der Waals surface area contributed by atoms with Gasteiger partial charge in [-0.05, 0) is 62.4 Å². The summed E-state index contributed by atoms with van der Waals surface area (Å²) in [7, 11) is 0. The van der Waals surface area contributed by atoms with Crippen LogP contribution in [0.25, 0.3) is 0 Å². The molecular formula is C23H28N2O3. The van der Waals surface area contributed by atoms with Gasteiger partial charge < -0.3 is 15.3 Å². The Kier molecular flexibility index (Phi) is 6.34. The summed E-state index contributed by atoms with van der Waals surface area (Å²) in [6.45, 7) is 6.48. The van der Waals surface area contributed by atoms with Gasteiger partial charge in [-0.15, -0.1) is 0 Å². The van der Waals surface area contributed by atoms with Crippen LogP contribution < -0.4 is 10.2 Å². The number of carboxylic acid groups (broad SMARTS) is 1. The van der Waals surface area contributed by atoms with Crippen LogP contribution in [0.1, 0.15) is 59.2 Å². The second-order valence-corrected chi connectivity index (χ2v) is 7.36. The lowest BCUT2D eigenvalue weighted by molar-refractivity contribution is -0.121. The Labute approximate surface area is 166 Å². The predicted octanol–water partition coefficient (Wildman–Crippen LogP) is 3.95. The van der Waals surface area contributed by atoms with Crippen LogP contribution >= 0.6 is 0 Å². The molecule has 1 heterocycles. The summed E-state index contributed by atoms with van der Waals surface area (Å²) in [4.78, 5) is 26.6. The minimum atomic E-state index is -0.967. The molecule has 0 aliphatic carbocycles. The molecule has 1 unspecified atom stereocenters. The number of carbonyl (C=O) groups excluding carboxylic acids is 1. The summed E-state index contributed by atoms with van der Waals surface area (Å²) in [6.07, 6.45) is 3.56. The maximum Gasteiger partial charge on any atom is 0.335 e. The summed E-state index contributed by atoms with van der Waals surface area (Å²) < 4.78 is 0. The molecule has 1 aliphatic rings. The van der Waals surface area contributed by atoms with Crippen molar-refractivity contribution < 1.29 is 14.7 Å². The topological polar surface area (TPSA) is 69.6 Å². The van der Waals surface area contributed by atoms with Crippen LogP contribution in [-0.2, 0) is 4.79 Å². The van der Waals surface area contributed by atoms with Gasteiger partial charge in [-0.1, -0.05) is 29.8 Å². The Morgan fingerprint density at radius 1 is 1.07 bits per heavy atom. The summed E-state index contributed by atoms with van der Waals surface area (Å²) in [5, 5.41) is 12.1. The molecule has 1 fully saturated rings. The maximum absolute atomic E-state index is 13.1. The molecule has 5 nitrogen and oxygen atoms in total. The van der Waals surface area contributed by atoms with E-state index in [0.717, 1.165) is 48.3 Å². The smallest absolute Gasteiger partial charge is 0.335 e. The van der Waals surface area contributed by atoms with Gasteiger partial charge in [0.05, 0.1) is 11.5 Å². The molecule has 148 valence electrons. The number of hydrogen-bond donors (Lipinski definition) is 2. The van der Waals surface area contributed by atoms with Crippen molar-refractivity contribution in [3.8, 4) is 0 Å². The van der Waals surface area contributed by atoms with E-state index in [1.54, 1.807) is 24.3 Å². The molecule has 0 aromatic heterocycles. The second-order valence-electron chi connectivity index (χ2n) is 7.36. The molecule has 0 bridgehead atoms. The molecule has 2 aromatic carbocycles. The highest BCUT2D eigenvalue weighted by Crippen LogP contribution is 2.35. The van der Waals surface area contributed by atoms with Gasteiger partial charge in [-0.2, -0.15) is 0 Å². The highest BCUT2D eigenvalue weighted by Gasteiger charge is 2.27. The summed E-state index contributed by atoms with van der Waals surface area (Å²) >= 11 is 0. The zero-order valence-electron chi connectivity index (χ0n) is 16.6. The number of aromatic carboxylic acids is 1. The number of anilines is 1. The van der Waals surface area contributed by atoms with Gasteiger partial charge in [0.2, 0.25) is 5.91 Å². The van der Waals surface area contributed by atoms with Crippen LogP contribution in [-0.4, -0.2) is 36.6 Å². The van der Waals surface area contributed by atoms with Crippen LogP contribution in [0.2, 0.25) is 0 Å². The number of nitrogens with one attached hydrogen (secondary N) is 1. The fraction of sp³-hybridized carbons (Fsp3) is 0.391. The Morgan fingerprint density at radius 2 is 1.75 bits per heavy atom. The van der Waals surface area contributed by atoms with Crippen LogP contribution in [0.3, 0.4) is 0 Å². The van der Waals surface area contributed by atoms with Gasteiger partial charge in [0.15, 0.2) is 0 Å². The third-order valence-corrected chi connectivity index (χ3v) is 5.29. The number of hydrogen-bond acceptors (Lipinski definition) is 3. The van der Waals surface area contributed by atoms with Crippen molar-refractivity contribution in [1.29, 1.82) is 0 Å². The lowest BCUT2D eigenvalue weighted by atomic mass is 9.87. The van der Waals surface area contributed by atoms with E-state index in [1.165, 1.54) is 6.42 Å². The van der Waals surface area contributed by atoms with Crippen molar-refractivity contribution in [2.24, 2.45) is 0 Å². The van der Waals surface area contributed by atoms with Gasteiger partial charge in [-0.25, -0.2) is 4.79 Å². The molecular weight excluding hydrogens is 352 g/mol. The number of rotatable bonds is 6. The average Bonchev–Trinajstić information content (AvgIpc) is 2.70. The van der Waals surface area contributed by atoms with Crippen molar-refractivity contribution in [2.45, 2.75) is 39.0 Å². The summed E-state index contributed by atoms with van der Waals surface area (Å²) in [5.74, 6) is -1.50. The van der Waals surface area contributed by atoms with E-state index < -0.39 is 11.9 Å². The lowest BCUT2D eigenvalue weighted by Gasteiger charge is -2.32. The Morgan fingerprint density at radius 3 is 2.36 bits per heavy atom. The maximum atomic E-state index is 13.1. The minimum Gasteiger partial charge on any atom is -0.478 e.